The molecule has 0 atom stereocenters. The minimum atomic E-state index is -0.463. The number of nitrogen functional groups attached to an aromatic ring is 1. The van der Waals surface area contributed by atoms with Gasteiger partial charge in [-0.1, -0.05) is 23.7 Å². The van der Waals surface area contributed by atoms with Crippen LogP contribution in [0.3, 0.4) is 0 Å². The van der Waals surface area contributed by atoms with Crippen molar-refractivity contribution in [2.24, 2.45) is 0 Å². The Morgan fingerprint density at radius 1 is 1.16 bits per heavy atom. The van der Waals surface area contributed by atoms with Gasteiger partial charge in [-0.05, 0) is 52.6 Å². The SMILES string of the molecule is CCOc1cc(CNCCNC(=O)c2nonc2N)cc(Cl)c1OCc1ccc(F)cc1. The number of halogens is 2. The van der Waals surface area contributed by atoms with Crippen LogP contribution in [-0.4, -0.2) is 35.9 Å². The standard InChI is InChI=1S/C21H23ClFN5O4/c1-2-30-17-10-14(11-25-7-8-26-21(29)18-20(24)28-32-27-18)9-16(22)19(17)31-12-13-3-5-15(23)6-4-13/h3-6,9-10,25H,2,7-8,11-12H2,1H3,(H2,24,28)(H,26,29). The Hall–Kier alpha value is -3.37. The first-order chi connectivity index (χ1) is 15.5. The number of nitrogens with zero attached hydrogens (tertiary/aromatic N) is 2. The lowest BCUT2D eigenvalue weighted by Crippen LogP contribution is -2.32. The third-order valence-corrected chi connectivity index (χ3v) is 4.59. The number of aromatic nitrogens is 2. The molecular formula is C21H23ClFN5O4. The molecule has 1 amide bonds. The third-order valence-electron chi connectivity index (χ3n) is 4.31. The monoisotopic (exact) mass is 463 g/mol. The summed E-state index contributed by atoms with van der Waals surface area (Å²) in [6, 6.07) is 9.65. The van der Waals surface area contributed by atoms with Gasteiger partial charge < -0.3 is 25.8 Å². The van der Waals surface area contributed by atoms with Crippen LogP contribution in [0.1, 0.15) is 28.5 Å². The van der Waals surface area contributed by atoms with Crippen molar-refractivity contribution in [3.63, 3.8) is 0 Å². The fourth-order valence-electron chi connectivity index (χ4n) is 2.80. The van der Waals surface area contributed by atoms with E-state index in [2.05, 4.69) is 25.6 Å². The maximum absolute atomic E-state index is 13.1. The molecule has 170 valence electrons. The van der Waals surface area contributed by atoms with E-state index in [1.807, 2.05) is 13.0 Å². The molecule has 0 radical (unpaired) electrons. The Kier molecular flexibility index (Phi) is 8.23. The molecule has 0 spiro atoms. The van der Waals surface area contributed by atoms with Crippen LogP contribution in [0.4, 0.5) is 10.2 Å². The van der Waals surface area contributed by atoms with Gasteiger partial charge in [0.25, 0.3) is 5.91 Å². The summed E-state index contributed by atoms with van der Waals surface area (Å²) in [5.41, 5.74) is 7.12. The number of rotatable bonds is 11. The first-order valence-corrected chi connectivity index (χ1v) is 10.2. The Morgan fingerprint density at radius 3 is 2.62 bits per heavy atom. The molecule has 0 saturated carbocycles. The zero-order valence-corrected chi connectivity index (χ0v) is 18.1. The number of benzene rings is 2. The second-order valence-corrected chi connectivity index (χ2v) is 7.09. The minimum absolute atomic E-state index is 0.0469. The molecule has 1 heterocycles. The molecule has 0 aliphatic heterocycles. The second kappa shape index (κ2) is 11.3. The van der Waals surface area contributed by atoms with Crippen LogP contribution in [0.15, 0.2) is 41.0 Å². The molecule has 2 aromatic carbocycles. The number of carbonyl (C=O) groups is 1. The van der Waals surface area contributed by atoms with Crippen molar-refractivity contribution in [3.8, 4) is 11.5 Å². The van der Waals surface area contributed by atoms with E-state index in [1.54, 1.807) is 18.2 Å². The van der Waals surface area contributed by atoms with Gasteiger partial charge in [0, 0.05) is 19.6 Å². The molecule has 9 nitrogen and oxygen atoms in total. The van der Waals surface area contributed by atoms with Crippen molar-refractivity contribution in [2.45, 2.75) is 20.1 Å². The molecule has 0 bridgehead atoms. The van der Waals surface area contributed by atoms with E-state index in [-0.39, 0.29) is 23.9 Å². The van der Waals surface area contributed by atoms with Gasteiger partial charge in [0.05, 0.1) is 11.6 Å². The van der Waals surface area contributed by atoms with Crippen LogP contribution >= 0.6 is 11.6 Å². The average Bonchev–Trinajstić information content (AvgIpc) is 3.20. The first-order valence-electron chi connectivity index (χ1n) is 9.87. The second-order valence-electron chi connectivity index (χ2n) is 6.68. The van der Waals surface area contributed by atoms with E-state index >= 15 is 0 Å². The zero-order valence-electron chi connectivity index (χ0n) is 17.4. The summed E-state index contributed by atoms with van der Waals surface area (Å²) in [6.45, 7) is 3.84. The highest BCUT2D eigenvalue weighted by atomic mass is 35.5. The smallest absolute Gasteiger partial charge is 0.277 e. The summed E-state index contributed by atoms with van der Waals surface area (Å²) < 4.78 is 29.0. The Labute approximate surface area is 189 Å². The van der Waals surface area contributed by atoms with Crippen molar-refractivity contribution >= 4 is 23.3 Å². The van der Waals surface area contributed by atoms with Crippen LogP contribution < -0.4 is 25.8 Å². The largest absolute Gasteiger partial charge is 0.490 e. The minimum Gasteiger partial charge on any atom is -0.490 e. The van der Waals surface area contributed by atoms with Gasteiger partial charge in [0.2, 0.25) is 11.5 Å². The Morgan fingerprint density at radius 2 is 1.94 bits per heavy atom. The lowest BCUT2D eigenvalue weighted by molar-refractivity contribution is 0.0944. The number of nitrogens with one attached hydrogen (secondary N) is 2. The summed E-state index contributed by atoms with van der Waals surface area (Å²) in [4.78, 5) is 11.9. The van der Waals surface area contributed by atoms with Gasteiger partial charge >= 0.3 is 0 Å². The molecule has 3 aromatic rings. The van der Waals surface area contributed by atoms with E-state index in [9.17, 15) is 9.18 Å². The summed E-state index contributed by atoms with van der Waals surface area (Å²) in [5, 5.41) is 13.1. The maximum atomic E-state index is 13.1. The molecule has 3 rings (SSSR count). The van der Waals surface area contributed by atoms with Crippen LogP contribution in [0.5, 0.6) is 11.5 Å². The average molecular weight is 464 g/mol. The number of ether oxygens (including phenoxy) is 2. The Bertz CT molecular complexity index is 1050. The molecule has 32 heavy (non-hydrogen) atoms. The molecule has 11 heteroatoms. The summed E-state index contributed by atoms with van der Waals surface area (Å²) in [6.07, 6.45) is 0. The molecule has 1 aromatic heterocycles. The summed E-state index contributed by atoms with van der Waals surface area (Å²) >= 11 is 6.43. The van der Waals surface area contributed by atoms with Crippen LogP contribution in [0, 0.1) is 5.82 Å². The molecule has 4 N–H and O–H groups in total. The molecule has 0 aliphatic rings. The van der Waals surface area contributed by atoms with E-state index in [0.29, 0.717) is 42.8 Å². The van der Waals surface area contributed by atoms with Crippen LogP contribution in [0.2, 0.25) is 5.02 Å². The molecule has 0 saturated heterocycles. The van der Waals surface area contributed by atoms with Gasteiger partial charge in [-0.2, -0.15) is 0 Å². The normalized spacial score (nSPS) is 10.7. The Balaban J connectivity index is 1.53. The molecule has 0 aliphatic carbocycles. The quantitative estimate of drug-likeness (QED) is 0.371. The van der Waals surface area contributed by atoms with Crippen molar-refractivity contribution in [1.82, 2.24) is 20.9 Å². The highest BCUT2D eigenvalue weighted by Gasteiger charge is 2.15. The molecular weight excluding hydrogens is 441 g/mol. The molecule has 0 unspecified atom stereocenters. The van der Waals surface area contributed by atoms with Gasteiger partial charge in [-0.3, -0.25) is 4.79 Å². The van der Waals surface area contributed by atoms with E-state index in [0.717, 1.165) is 11.1 Å². The number of hydrogen-bond donors (Lipinski definition) is 3. The van der Waals surface area contributed by atoms with Crippen LogP contribution in [0.25, 0.3) is 0 Å². The number of carbonyl (C=O) groups excluding carboxylic acids is 1. The van der Waals surface area contributed by atoms with E-state index in [1.165, 1.54) is 12.1 Å². The lowest BCUT2D eigenvalue weighted by Gasteiger charge is -2.16. The van der Waals surface area contributed by atoms with Gasteiger partial charge in [-0.15, -0.1) is 0 Å². The molecule has 0 fully saturated rings. The first kappa shape index (κ1) is 23.3. The topological polar surface area (TPSA) is 125 Å². The number of nitrogens with two attached hydrogens (primary N) is 1. The predicted octanol–water partition coefficient (Wildman–Crippen LogP) is 2.94. The summed E-state index contributed by atoms with van der Waals surface area (Å²) in [5.74, 6) is 0.108. The van der Waals surface area contributed by atoms with Crippen molar-refractivity contribution < 1.29 is 23.3 Å². The van der Waals surface area contributed by atoms with Crippen LogP contribution in [-0.2, 0) is 13.2 Å². The lowest BCUT2D eigenvalue weighted by atomic mass is 10.2. The van der Waals surface area contributed by atoms with Crippen molar-refractivity contribution in [1.29, 1.82) is 0 Å². The third kappa shape index (κ3) is 6.32. The highest BCUT2D eigenvalue weighted by molar-refractivity contribution is 6.32. The van der Waals surface area contributed by atoms with Gasteiger partial charge in [-0.25, -0.2) is 9.02 Å². The number of amides is 1. The fraction of sp³-hybridized carbons (Fsp3) is 0.286. The number of hydrogen-bond acceptors (Lipinski definition) is 8. The van der Waals surface area contributed by atoms with E-state index < -0.39 is 5.91 Å². The highest BCUT2D eigenvalue weighted by Crippen LogP contribution is 2.37. The maximum Gasteiger partial charge on any atom is 0.277 e. The van der Waals surface area contributed by atoms with Crippen molar-refractivity contribution in [3.05, 3.63) is 64.1 Å². The fourth-order valence-corrected chi connectivity index (χ4v) is 3.08. The zero-order chi connectivity index (χ0) is 22.9. The number of anilines is 1. The van der Waals surface area contributed by atoms with Gasteiger partial charge in [0.15, 0.2) is 11.5 Å². The predicted molar refractivity (Wildman–Crippen MR) is 116 cm³/mol. The summed E-state index contributed by atoms with van der Waals surface area (Å²) in [7, 11) is 0. The van der Waals surface area contributed by atoms with Gasteiger partial charge in [0.1, 0.15) is 12.4 Å². The van der Waals surface area contributed by atoms with Crippen molar-refractivity contribution in [2.75, 3.05) is 25.4 Å². The van der Waals surface area contributed by atoms with E-state index in [4.69, 9.17) is 26.8 Å².